The Morgan fingerprint density at radius 1 is 0.643 bits per heavy atom. The van der Waals surface area contributed by atoms with Crippen LogP contribution in [0.2, 0.25) is 0 Å². The maximum atomic E-state index is 4.28. The fraction of sp³-hybridized carbons (Fsp3) is 0. The molecule has 0 fully saturated rings. The van der Waals surface area contributed by atoms with E-state index in [1.54, 1.807) is 0 Å². The van der Waals surface area contributed by atoms with Gasteiger partial charge in [0.2, 0.25) is 0 Å². The van der Waals surface area contributed by atoms with Gasteiger partial charge in [0.05, 0.1) is 0 Å². The fourth-order valence-corrected chi connectivity index (χ4v) is 2.97. The Balaban J connectivity index is 2.35. The molecule has 0 aliphatic carbocycles. The van der Waals surface area contributed by atoms with Crippen LogP contribution in [0.15, 0.2) is 60.7 Å². The summed E-state index contributed by atoms with van der Waals surface area (Å²) in [6, 6.07) is 21.0. The van der Waals surface area contributed by atoms with Crippen molar-refractivity contribution in [3.8, 4) is 0 Å². The predicted octanol–water partition coefficient (Wildman–Crippen LogP) is 2.28. The SMILES string of the molecule is C=[PH](c1ccccc1)c1ccccc1. The zero-order chi connectivity index (χ0) is 9.80. The van der Waals surface area contributed by atoms with Gasteiger partial charge in [-0.05, 0) is 10.6 Å². The number of hydrogen-bond acceptors (Lipinski definition) is 0. The molecule has 70 valence electrons. The van der Waals surface area contributed by atoms with Crippen molar-refractivity contribution >= 4 is 24.5 Å². The molecule has 0 aliphatic heterocycles. The first-order valence-corrected chi connectivity index (χ1v) is 6.38. The molecule has 0 heterocycles. The maximum Gasteiger partial charge on any atom is -0.0237 e. The van der Waals surface area contributed by atoms with E-state index in [1.165, 1.54) is 10.6 Å². The first-order chi connectivity index (χ1) is 6.88. The predicted molar refractivity (Wildman–Crippen MR) is 67.6 cm³/mol. The van der Waals surface area contributed by atoms with Gasteiger partial charge in [-0.15, -0.1) is 0 Å². The Bertz CT molecular complexity index is 376. The van der Waals surface area contributed by atoms with Crippen LogP contribution in [0.4, 0.5) is 0 Å². The highest BCUT2D eigenvalue weighted by atomic mass is 31.1. The van der Waals surface area contributed by atoms with E-state index in [2.05, 4.69) is 54.8 Å². The van der Waals surface area contributed by atoms with Gasteiger partial charge in [-0.25, -0.2) is 0 Å². The van der Waals surface area contributed by atoms with Gasteiger partial charge in [-0.2, -0.15) is 0 Å². The van der Waals surface area contributed by atoms with E-state index in [-0.39, 0.29) is 0 Å². The lowest BCUT2D eigenvalue weighted by Gasteiger charge is -2.06. The largest absolute Gasteiger partial charge is 0.0953 e. The minimum absolute atomic E-state index is 0.795. The van der Waals surface area contributed by atoms with Crippen LogP contribution in [0, 0.1) is 0 Å². The van der Waals surface area contributed by atoms with Gasteiger partial charge in [0, 0.05) is 0 Å². The zero-order valence-electron chi connectivity index (χ0n) is 7.98. The molecule has 0 atom stereocenters. The van der Waals surface area contributed by atoms with E-state index in [1.807, 2.05) is 12.1 Å². The molecule has 14 heavy (non-hydrogen) atoms. The number of hydrogen-bond donors (Lipinski definition) is 0. The maximum absolute atomic E-state index is 4.28. The van der Waals surface area contributed by atoms with E-state index in [9.17, 15) is 0 Å². The molecule has 0 aliphatic rings. The summed E-state index contributed by atoms with van der Waals surface area (Å²) in [7, 11) is -0.795. The van der Waals surface area contributed by atoms with Gasteiger partial charge >= 0.3 is 0 Å². The lowest BCUT2D eigenvalue weighted by molar-refractivity contribution is 1.76. The van der Waals surface area contributed by atoms with Crippen molar-refractivity contribution in [3.63, 3.8) is 0 Å². The third kappa shape index (κ3) is 1.97. The van der Waals surface area contributed by atoms with Gasteiger partial charge in [0.1, 0.15) is 0 Å². The smallest absolute Gasteiger partial charge is 0.0237 e. The molecule has 0 amide bonds. The summed E-state index contributed by atoms with van der Waals surface area (Å²) in [6.45, 7) is 0. The quantitative estimate of drug-likeness (QED) is 0.652. The molecular weight excluding hydrogens is 187 g/mol. The summed E-state index contributed by atoms with van der Waals surface area (Å²) in [5, 5.41) is 2.73. The summed E-state index contributed by atoms with van der Waals surface area (Å²) in [5.74, 6) is 0. The van der Waals surface area contributed by atoms with Crippen LogP contribution >= 0.6 is 7.55 Å². The Kier molecular flexibility index (Phi) is 2.86. The Labute approximate surface area is 85.6 Å². The van der Waals surface area contributed by atoms with E-state index >= 15 is 0 Å². The van der Waals surface area contributed by atoms with Crippen LogP contribution in [0.5, 0.6) is 0 Å². The third-order valence-corrected chi connectivity index (χ3v) is 4.31. The third-order valence-electron chi connectivity index (χ3n) is 2.24. The molecule has 2 rings (SSSR count). The van der Waals surface area contributed by atoms with Crippen LogP contribution in [-0.2, 0) is 0 Å². The van der Waals surface area contributed by atoms with Gasteiger partial charge < -0.3 is 0 Å². The summed E-state index contributed by atoms with van der Waals surface area (Å²) in [4.78, 5) is 0. The molecule has 0 N–H and O–H groups in total. The molecule has 0 bridgehead atoms. The molecule has 0 aromatic heterocycles. The van der Waals surface area contributed by atoms with Crippen molar-refractivity contribution in [1.29, 1.82) is 0 Å². The second-order valence-electron chi connectivity index (χ2n) is 3.21. The molecule has 1 heteroatoms. The van der Waals surface area contributed by atoms with Crippen LogP contribution in [-0.4, -0.2) is 6.30 Å². The number of rotatable bonds is 2. The van der Waals surface area contributed by atoms with Crippen molar-refractivity contribution in [1.82, 2.24) is 0 Å². The standard InChI is InChI=1S/C13H13P/c1-14(12-8-4-2-5-9-12)13-10-6-3-7-11-13/h2-11,14H,1H2. The molecule has 0 spiro atoms. The Morgan fingerprint density at radius 2 is 1.00 bits per heavy atom. The summed E-state index contributed by atoms with van der Waals surface area (Å²) < 4.78 is 0. The summed E-state index contributed by atoms with van der Waals surface area (Å²) in [6.07, 6.45) is 4.28. The van der Waals surface area contributed by atoms with Crippen LogP contribution < -0.4 is 10.6 Å². The van der Waals surface area contributed by atoms with Crippen molar-refractivity contribution in [2.24, 2.45) is 0 Å². The topological polar surface area (TPSA) is 0 Å². The summed E-state index contributed by atoms with van der Waals surface area (Å²) in [5.41, 5.74) is 0. The molecule has 0 unspecified atom stereocenters. The average Bonchev–Trinajstić information content (AvgIpc) is 2.30. The van der Waals surface area contributed by atoms with E-state index in [0.717, 1.165) is 0 Å². The van der Waals surface area contributed by atoms with Gasteiger partial charge in [-0.1, -0.05) is 74.5 Å². The lowest BCUT2D eigenvalue weighted by Crippen LogP contribution is -2.05. The lowest BCUT2D eigenvalue weighted by atomic mass is 10.4. The van der Waals surface area contributed by atoms with Crippen LogP contribution in [0.3, 0.4) is 0 Å². The van der Waals surface area contributed by atoms with Crippen molar-refractivity contribution < 1.29 is 0 Å². The van der Waals surface area contributed by atoms with E-state index < -0.39 is 7.55 Å². The number of benzene rings is 2. The van der Waals surface area contributed by atoms with Gasteiger partial charge in [0.25, 0.3) is 0 Å². The highest BCUT2D eigenvalue weighted by Gasteiger charge is 1.97. The monoisotopic (exact) mass is 200 g/mol. The second-order valence-corrected chi connectivity index (χ2v) is 5.32. The summed E-state index contributed by atoms with van der Waals surface area (Å²) >= 11 is 0. The normalized spacial score (nSPS) is 10.4. The first-order valence-electron chi connectivity index (χ1n) is 4.67. The highest BCUT2D eigenvalue weighted by molar-refractivity contribution is 7.70. The molecular formula is C13H13P. The Hall–Kier alpha value is -1.26. The van der Waals surface area contributed by atoms with E-state index in [0.29, 0.717) is 0 Å². The molecule has 0 radical (unpaired) electrons. The van der Waals surface area contributed by atoms with Crippen LogP contribution in [0.25, 0.3) is 0 Å². The second kappa shape index (κ2) is 4.30. The molecule has 2 aromatic rings. The van der Waals surface area contributed by atoms with Gasteiger partial charge in [0.15, 0.2) is 0 Å². The Morgan fingerprint density at radius 3 is 1.36 bits per heavy atom. The molecule has 0 saturated carbocycles. The minimum Gasteiger partial charge on any atom is -0.0953 e. The first kappa shape index (κ1) is 9.30. The molecule has 2 aromatic carbocycles. The fourth-order valence-electron chi connectivity index (χ4n) is 1.45. The van der Waals surface area contributed by atoms with Crippen molar-refractivity contribution in [2.45, 2.75) is 0 Å². The van der Waals surface area contributed by atoms with Crippen molar-refractivity contribution in [3.05, 3.63) is 60.7 Å². The van der Waals surface area contributed by atoms with Crippen LogP contribution in [0.1, 0.15) is 0 Å². The minimum atomic E-state index is -0.795. The van der Waals surface area contributed by atoms with Gasteiger partial charge in [-0.3, -0.25) is 0 Å². The highest BCUT2D eigenvalue weighted by Crippen LogP contribution is 2.17. The molecule has 0 saturated heterocycles. The van der Waals surface area contributed by atoms with E-state index in [4.69, 9.17) is 0 Å². The molecule has 0 nitrogen and oxygen atoms in total. The average molecular weight is 200 g/mol. The zero-order valence-corrected chi connectivity index (χ0v) is 8.98. The van der Waals surface area contributed by atoms with Crippen molar-refractivity contribution in [2.75, 3.05) is 0 Å².